The summed E-state index contributed by atoms with van der Waals surface area (Å²) in [5, 5.41) is 10.6. The Labute approximate surface area is 127 Å². The molecule has 2 aliphatic carbocycles. The summed E-state index contributed by atoms with van der Waals surface area (Å²) in [6.45, 7) is 10.0. The van der Waals surface area contributed by atoms with E-state index in [1.807, 2.05) is 0 Å². The predicted octanol–water partition coefficient (Wildman–Crippen LogP) is 2.53. The van der Waals surface area contributed by atoms with Crippen LogP contribution in [0.2, 0.25) is 0 Å². The van der Waals surface area contributed by atoms with E-state index in [4.69, 9.17) is 9.47 Å². The normalized spacial score (nSPS) is 51.3. The highest BCUT2D eigenvalue weighted by Gasteiger charge is 2.62. The molecule has 4 nitrogen and oxygen atoms in total. The van der Waals surface area contributed by atoms with Gasteiger partial charge in [0.05, 0.1) is 17.3 Å². The van der Waals surface area contributed by atoms with Crippen LogP contribution in [-0.4, -0.2) is 34.5 Å². The molecular weight excluding hydrogens is 268 g/mol. The molecule has 4 heteroatoms. The van der Waals surface area contributed by atoms with Crippen molar-refractivity contribution in [3.05, 3.63) is 0 Å². The lowest BCUT2D eigenvalue weighted by molar-refractivity contribution is -0.243. The molecule has 4 aliphatic rings. The molecule has 0 radical (unpaired) electrons. The van der Waals surface area contributed by atoms with Crippen LogP contribution >= 0.6 is 0 Å². The van der Waals surface area contributed by atoms with Crippen molar-refractivity contribution in [1.29, 1.82) is 0 Å². The van der Waals surface area contributed by atoms with E-state index < -0.39 is 5.60 Å². The van der Waals surface area contributed by atoms with Gasteiger partial charge in [0.2, 0.25) is 0 Å². The first-order valence-electron chi connectivity index (χ1n) is 8.19. The Morgan fingerprint density at radius 2 is 1.95 bits per heavy atom. The molecule has 0 aromatic carbocycles. The average molecular weight is 296 g/mol. The minimum absolute atomic E-state index is 0.0961. The standard InChI is InChI=1S/C17H28O4/c1-9-6-13(19)15-11(9)7-12-14(20-10(2)18)8-17(15,5)21-16(12,3)4/h9,11-15,19H,6-8H2,1-5H3/t9-,11-,12+,13-,14+,15+,17+/m1/s1. The Morgan fingerprint density at radius 1 is 1.29 bits per heavy atom. The van der Waals surface area contributed by atoms with E-state index in [0.717, 1.165) is 12.8 Å². The molecule has 0 spiro atoms. The molecule has 2 saturated carbocycles. The quantitative estimate of drug-likeness (QED) is 0.756. The third-order valence-corrected chi connectivity index (χ3v) is 6.21. The van der Waals surface area contributed by atoms with Crippen molar-refractivity contribution in [3.63, 3.8) is 0 Å². The Balaban J connectivity index is 2.01. The van der Waals surface area contributed by atoms with Gasteiger partial charge in [0.25, 0.3) is 0 Å². The fraction of sp³-hybridized carbons (Fsp3) is 0.941. The summed E-state index contributed by atoms with van der Waals surface area (Å²) < 4.78 is 12.1. The van der Waals surface area contributed by atoms with Crippen LogP contribution in [0.3, 0.4) is 0 Å². The first kappa shape index (κ1) is 15.3. The first-order valence-corrected chi connectivity index (χ1v) is 8.19. The van der Waals surface area contributed by atoms with Crippen LogP contribution < -0.4 is 0 Å². The van der Waals surface area contributed by atoms with Crippen LogP contribution in [-0.2, 0) is 14.3 Å². The van der Waals surface area contributed by atoms with E-state index in [2.05, 4.69) is 27.7 Å². The van der Waals surface area contributed by atoms with Gasteiger partial charge in [-0.15, -0.1) is 0 Å². The summed E-state index contributed by atoms with van der Waals surface area (Å²) >= 11 is 0. The van der Waals surface area contributed by atoms with Gasteiger partial charge in [-0.05, 0) is 45.4 Å². The lowest BCUT2D eigenvalue weighted by Gasteiger charge is -2.51. The van der Waals surface area contributed by atoms with Crippen molar-refractivity contribution >= 4 is 5.97 Å². The number of aliphatic hydroxyl groups excluding tert-OH is 1. The fourth-order valence-electron chi connectivity index (χ4n) is 5.56. The van der Waals surface area contributed by atoms with Crippen LogP contribution in [0.1, 0.15) is 53.9 Å². The fourth-order valence-corrected chi connectivity index (χ4v) is 5.56. The van der Waals surface area contributed by atoms with Gasteiger partial charge in [-0.3, -0.25) is 4.79 Å². The average Bonchev–Trinajstić information content (AvgIpc) is 2.45. The van der Waals surface area contributed by atoms with Crippen molar-refractivity contribution in [1.82, 2.24) is 0 Å². The van der Waals surface area contributed by atoms with E-state index in [9.17, 15) is 9.90 Å². The third kappa shape index (κ3) is 2.31. The van der Waals surface area contributed by atoms with Crippen LogP contribution in [0.5, 0.6) is 0 Å². The predicted molar refractivity (Wildman–Crippen MR) is 78.6 cm³/mol. The molecule has 0 aromatic heterocycles. The summed E-state index contributed by atoms with van der Waals surface area (Å²) in [5.41, 5.74) is -0.734. The SMILES string of the molecule is CC(=O)O[C@H]1C[C@]2(C)OC(C)(C)[C@H]1C[C@H]1[C@H]2[C@H](O)C[C@H]1C. The van der Waals surface area contributed by atoms with Gasteiger partial charge in [0.1, 0.15) is 6.10 Å². The second kappa shape index (κ2) is 4.69. The van der Waals surface area contributed by atoms with Crippen LogP contribution in [0, 0.1) is 23.7 Å². The first-order chi connectivity index (χ1) is 9.64. The van der Waals surface area contributed by atoms with E-state index in [1.54, 1.807) is 0 Å². The number of fused-ring (bicyclic) bond motifs is 2. The molecule has 0 unspecified atom stereocenters. The van der Waals surface area contributed by atoms with Gasteiger partial charge in [0, 0.05) is 25.2 Å². The van der Waals surface area contributed by atoms with E-state index in [1.165, 1.54) is 6.92 Å². The van der Waals surface area contributed by atoms with Crippen molar-refractivity contribution in [2.75, 3.05) is 0 Å². The number of hydrogen-bond acceptors (Lipinski definition) is 4. The molecule has 1 N–H and O–H groups in total. The van der Waals surface area contributed by atoms with Crippen LogP contribution in [0.15, 0.2) is 0 Å². The van der Waals surface area contributed by atoms with Crippen molar-refractivity contribution in [3.8, 4) is 0 Å². The molecule has 2 saturated heterocycles. The maximum Gasteiger partial charge on any atom is 0.302 e. The smallest absolute Gasteiger partial charge is 0.302 e. The summed E-state index contributed by atoms with van der Waals surface area (Å²) in [5.74, 6) is 1.10. The lowest BCUT2D eigenvalue weighted by atomic mass is 9.76. The van der Waals surface area contributed by atoms with E-state index >= 15 is 0 Å². The second-order valence-corrected chi connectivity index (χ2v) is 8.18. The summed E-state index contributed by atoms with van der Waals surface area (Å²) in [6.07, 6.45) is 2.14. The molecular formula is C17H28O4. The Morgan fingerprint density at radius 3 is 2.57 bits per heavy atom. The summed E-state index contributed by atoms with van der Waals surface area (Å²) in [6, 6.07) is 0. The number of hydrogen-bond donors (Lipinski definition) is 1. The maximum absolute atomic E-state index is 11.5. The Bertz CT molecular complexity index is 446. The largest absolute Gasteiger partial charge is 0.462 e. The van der Waals surface area contributed by atoms with Crippen molar-refractivity contribution in [2.24, 2.45) is 23.7 Å². The van der Waals surface area contributed by atoms with Gasteiger partial charge < -0.3 is 14.6 Å². The minimum Gasteiger partial charge on any atom is -0.462 e. The van der Waals surface area contributed by atoms with E-state index in [-0.39, 0.29) is 35.6 Å². The number of esters is 1. The zero-order chi connectivity index (χ0) is 15.6. The Kier molecular flexibility index (Phi) is 3.42. The molecule has 7 atom stereocenters. The maximum atomic E-state index is 11.5. The van der Waals surface area contributed by atoms with Crippen LogP contribution in [0.4, 0.5) is 0 Å². The monoisotopic (exact) mass is 296 g/mol. The molecule has 21 heavy (non-hydrogen) atoms. The molecule has 0 aromatic rings. The molecule has 4 rings (SSSR count). The van der Waals surface area contributed by atoms with Gasteiger partial charge in [0.15, 0.2) is 0 Å². The van der Waals surface area contributed by atoms with Gasteiger partial charge in [-0.2, -0.15) is 0 Å². The lowest BCUT2D eigenvalue weighted by Crippen LogP contribution is -2.57. The zero-order valence-corrected chi connectivity index (χ0v) is 13.8. The van der Waals surface area contributed by atoms with E-state index in [0.29, 0.717) is 18.3 Å². The third-order valence-electron chi connectivity index (χ3n) is 6.21. The van der Waals surface area contributed by atoms with Crippen molar-refractivity contribution in [2.45, 2.75) is 77.3 Å². The molecule has 2 bridgehead atoms. The molecule has 2 heterocycles. The second-order valence-electron chi connectivity index (χ2n) is 8.18. The van der Waals surface area contributed by atoms with Crippen LogP contribution in [0.25, 0.3) is 0 Å². The Hall–Kier alpha value is -0.610. The minimum atomic E-state index is -0.411. The van der Waals surface area contributed by atoms with Gasteiger partial charge in [-0.25, -0.2) is 0 Å². The molecule has 0 amide bonds. The number of carbonyl (C=O) groups excluding carboxylic acids is 1. The zero-order valence-electron chi connectivity index (χ0n) is 13.8. The topological polar surface area (TPSA) is 55.8 Å². The summed E-state index contributed by atoms with van der Waals surface area (Å²) in [4.78, 5) is 11.5. The number of ether oxygens (including phenoxy) is 2. The number of aliphatic hydroxyl groups is 1. The van der Waals surface area contributed by atoms with Gasteiger partial charge in [-0.1, -0.05) is 6.92 Å². The highest BCUT2D eigenvalue weighted by molar-refractivity contribution is 5.66. The van der Waals surface area contributed by atoms with Gasteiger partial charge >= 0.3 is 5.97 Å². The molecule has 120 valence electrons. The molecule has 4 fully saturated rings. The molecule has 2 aliphatic heterocycles. The highest BCUT2D eigenvalue weighted by Crippen LogP contribution is 2.58. The highest BCUT2D eigenvalue weighted by atomic mass is 16.6. The van der Waals surface area contributed by atoms with Crippen molar-refractivity contribution < 1.29 is 19.4 Å². The number of carbonyl (C=O) groups is 1. The number of rotatable bonds is 1. The summed E-state index contributed by atoms with van der Waals surface area (Å²) in [7, 11) is 0.